The highest BCUT2D eigenvalue weighted by atomic mass is 32.2. The third-order valence-corrected chi connectivity index (χ3v) is 5.97. The number of rotatable bonds is 5. The van der Waals surface area contributed by atoms with Gasteiger partial charge in [0.1, 0.15) is 17.0 Å². The Balaban J connectivity index is 1.61. The van der Waals surface area contributed by atoms with E-state index in [2.05, 4.69) is 15.3 Å². The first kappa shape index (κ1) is 14.6. The third kappa shape index (κ3) is 3.31. The number of hydrogen-bond donors (Lipinski definition) is 1. The molecule has 2 aromatic heterocycles. The van der Waals surface area contributed by atoms with Crippen LogP contribution in [-0.4, -0.2) is 61.3 Å². The molecule has 1 saturated heterocycles. The normalized spacial score (nSPS) is 17.1. The maximum atomic E-state index is 12.2. The minimum atomic E-state index is -3.24. The van der Waals surface area contributed by atoms with Gasteiger partial charge in [0, 0.05) is 19.6 Å². The molecule has 114 valence electrons. The minimum absolute atomic E-state index is 0.0443. The van der Waals surface area contributed by atoms with Crippen molar-refractivity contribution in [2.24, 2.45) is 0 Å². The number of anilines is 1. The Morgan fingerprint density at radius 2 is 2.14 bits per heavy atom. The van der Waals surface area contributed by atoms with Crippen molar-refractivity contribution in [1.82, 2.24) is 14.3 Å². The summed E-state index contributed by atoms with van der Waals surface area (Å²) in [6.45, 7) is 2.12. The summed E-state index contributed by atoms with van der Waals surface area (Å²) >= 11 is 1.53. The second-order valence-electron chi connectivity index (χ2n) is 4.62. The lowest BCUT2D eigenvalue weighted by Crippen LogP contribution is -2.42. The maximum Gasteiger partial charge on any atom is 0.215 e. The van der Waals surface area contributed by atoms with Crippen molar-refractivity contribution in [3.63, 3.8) is 0 Å². The average Bonchev–Trinajstić information content (AvgIpc) is 2.97. The quantitative estimate of drug-likeness (QED) is 0.872. The Morgan fingerprint density at radius 1 is 1.33 bits per heavy atom. The molecule has 0 radical (unpaired) electrons. The van der Waals surface area contributed by atoms with Crippen LogP contribution in [0.25, 0.3) is 10.2 Å². The lowest BCUT2D eigenvalue weighted by atomic mass is 10.4. The standard InChI is InChI=1S/C12H16N4O3S2/c17-21(18,16-3-5-19-6-4-16)8-2-13-11-10-1-7-20-12(10)15-9-14-11/h1,7,9H,2-6,8H2,(H,13,14,15). The number of thiophene rings is 1. The Hall–Kier alpha value is -1.29. The summed E-state index contributed by atoms with van der Waals surface area (Å²) in [5.41, 5.74) is 0. The van der Waals surface area contributed by atoms with Gasteiger partial charge in [0.2, 0.25) is 10.0 Å². The molecule has 7 nitrogen and oxygen atoms in total. The monoisotopic (exact) mass is 328 g/mol. The van der Waals surface area contributed by atoms with Crippen molar-refractivity contribution in [3.8, 4) is 0 Å². The minimum Gasteiger partial charge on any atom is -0.379 e. The number of nitrogens with zero attached hydrogens (tertiary/aromatic N) is 3. The maximum absolute atomic E-state index is 12.2. The second-order valence-corrected chi connectivity index (χ2v) is 7.60. The van der Waals surface area contributed by atoms with Gasteiger partial charge in [0.15, 0.2) is 0 Å². The Morgan fingerprint density at radius 3 is 2.95 bits per heavy atom. The van der Waals surface area contributed by atoms with Gasteiger partial charge in [0.05, 0.1) is 24.4 Å². The SMILES string of the molecule is O=S(=O)(CCNc1ncnc2sccc12)N1CCOCC1. The largest absolute Gasteiger partial charge is 0.379 e. The van der Waals surface area contributed by atoms with E-state index in [4.69, 9.17) is 4.74 Å². The molecule has 0 spiro atoms. The molecule has 2 aromatic rings. The predicted octanol–water partition coefficient (Wildman–Crippen LogP) is 0.765. The number of nitrogens with one attached hydrogen (secondary N) is 1. The van der Waals surface area contributed by atoms with E-state index in [-0.39, 0.29) is 5.75 Å². The molecular formula is C12H16N4O3S2. The zero-order chi connectivity index (χ0) is 14.7. The van der Waals surface area contributed by atoms with Crippen molar-refractivity contribution >= 4 is 37.4 Å². The fraction of sp³-hybridized carbons (Fsp3) is 0.500. The molecule has 1 fully saturated rings. The van der Waals surface area contributed by atoms with E-state index in [1.54, 1.807) is 0 Å². The van der Waals surface area contributed by atoms with Crippen molar-refractivity contribution in [3.05, 3.63) is 17.8 Å². The Bertz CT molecular complexity index is 710. The summed E-state index contributed by atoms with van der Waals surface area (Å²) in [6, 6.07) is 1.93. The van der Waals surface area contributed by atoms with E-state index in [9.17, 15) is 8.42 Å². The van der Waals surface area contributed by atoms with E-state index in [1.807, 2.05) is 11.4 Å². The number of fused-ring (bicyclic) bond motifs is 1. The molecule has 0 bridgehead atoms. The van der Waals surface area contributed by atoms with E-state index in [1.165, 1.54) is 22.0 Å². The highest BCUT2D eigenvalue weighted by Crippen LogP contribution is 2.23. The van der Waals surface area contributed by atoms with Crippen LogP contribution in [0.2, 0.25) is 0 Å². The van der Waals surface area contributed by atoms with Gasteiger partial charge in [-0.3, -0.25) is 0 Å². The molecule has 0 aliphatic carbocycles. The summed E-state index contributed by atoms with van der Waals surface area (Å²) in [4.78, 5) is 9.22. The Kier molecular flexibility index (Phi) is 4.34. The highest BCUT2D eigenvalue weighted by Gasteiger charge is 2.23. The van der Waals surface area contributed by atoms with Crippen LogP contribution in [0.4, 0.5) is 5.82 Å². The first-order valence-corrected chi connectivity index (χ1v) is 9.13. The lowest BCUT2D eigenvalue weighted by molar-refractivity contribution is 0.0731. The molecule has 0 atom stereocenters. The third-order valence-electron chi connectivity index (χ3n) is 3.28. The number of ether oxygens (including phenoxy) is 1. The molecule has 1 aliphatic heterocycles. The van der Waals surface area contributed by atoms with Crippen LogP contribution >= 0.6 is 11.3 Å². The number of sulfonamides is 1. The topological polar surface area (TPSA) is 84.4 Å². The summed E-state index contributed by atoms with van der Waals surface area (Å²) in [5, 5.41) is 5.95. The van der Waals surface area contributed by atoms with Gasteiger partial charge >= 0.3 is 0 Å². The molecule has 1 N–H and O–H groups in total. The van der Waals surface area contributed by atoms with Gasteiger partial charge in [0.25, 0.3) is 0 Å². The average molecular weight is 328 g/mol. The molecule has 0 saturated carbocycles. The fourth-order valence-corrected chi connectivity index (χ4v) is 4.24. The Labute approximate surface area is 127 Å². The first-order valence-electron chi connectivity index (χ1n) is 6.64. The lowest BCUT2D eigenvalue weighted by Gasteiger charge is -2.26. The molecule has 3 rings (SSSR count). The molecule has 0 aromatic carbocycles. The number of morpholine rings is 1. The van der Waals surface area contributed by atoms with Gasteiger partial charge in [-0.05, 0) is 11.4 Å². The van der Waals surface area contributed by atoms with E-state index in [0.717, 1.165) is 10.2 Å². The summed E-state index contributed by atoms with van der Waals surface area (Å²) in [7, 11) is -3.24. The molecule has 21 heavy (non-hydrogen) atoms. The van der Waals surface area contributed by atoms with Crippen LogP contribution in [0.1, 0.15) is 0 Å². The van der Waals surface area contributed by atoms with Crippen molar-refractivity contribution < 1.29 is 13.2 Å². The summed E-state index contributed by atoms with van der Waals surface area (Å²) in [6.07, 6.45) is 1.48. The van der Waals surface area contributed by atoms with Crippen LogP contribution < -0.4 is 5.32 Å². The van der Waals surface area contributed by atoms with Crippen LogP contribution in [0.15, 0.2) is 17.8 Å². The van der Waals surface area contributed by atoms with E-state index < -0.39 is 10.0 Å². The summed E-state index contributed by atoms with van der Waals surface area (Å²) in [5.74, 6) is 0.723. The van der Waals surface area contributed by atoms with Gasteiger partial charge in [-0.25, -0.2) is 18.4 Å². The molecular weight excluding hydrogens is 312 g/mol. The molecule has 0 unspecified atom stereocenters. The van der Waals surface area contributed by atoms with Crippen LogP contribution in [0.5, 0.6) is 0 Å². The van der Waals surface area contributed by atoms with Crippen LogP contribution in [0.3, 0.4) is 0 Å². The molecule has 9 heteroatoms. The van der Waals surface area contributed by atoms with Crippen LogP contribution in [0, 0.1) is 0 Å². The fourth-order valence-electron chi connectivity index (χ4n) is 2.18. The van der Waals surface area contributed by atoms with Gasteiger partial charge in [-0.1, -0.05) is 0 Å². The first-order chi connectivity index (χ1) is 10.2. The number of hydrogen-bond acceptors (Lipinski definition) is 7. The van der Waals surface area contributed by atoms with E-state index >= 15 is 0 Å². The predicted molar refractivity (Wildman–Crippen MR) is 82.1 cm³/mol. The summed E-state index contributed by atoms with van der Waals surface area (Å²) < 4.78 is 31.0. The highest BCUT2D eigenvalue weighted by molar-refractivity contribution is 7.89. The smallest absolute Gasteiger partial charge is 0.215 e. The van der Waals surface area contributed by atoms with Crippen molar-refractivity contribution in [2.45, 2.75) is 0 Å². The van der Waals surface area contributed by atoms with Crippen molar-refractivity contribution in [1.29, 1.82) is 0 Å². The van der Waals surface area contributed by atoms with Crippen LogP contribution in [-0.2, 0) is 14.8 Å². The van der Waals surface area contributed by atoms with Gasteiger partial charge < -0.3 is 10.1 Å². The second kappa shape index (κ2) is 6.22. The number of aromatic nitrogens is 2. The van der Waals surface area contributed by atoms with Crippen molar-refractivity contribution in [2.75, 3.05) is 43.9 Å². The zero-order valence-electron chi connectivity index (χ0n) is 11.4. The zero-order valence-corrected chi connectivity index (χ0v) is 13.0. The van der Waals surface area contributed by atoms with E-state index in [0.29, 0.717) is 38.7 Å². The molecule has 3 heterocycles. The molecule has 0 amide bonds. The van der Waals surface area contributed by atoms with Gasteiger partial charge in [-0.15, -0.1) is 11.3 Å². The van der Waals surface area contributed by atoms with Gasteiger partial charge in [-0.2, -0.15) is 4.31 Å². The molecule has 1 aliphatic rings.